The van der Waals surface area contributed by atoms with Gasteiger partial charge in [0.05, 0.1) is 16.7 Å². The summed E-state index contributed by atoms with van der Waals surface area (Å²) in [6, 6.07) is 25.8. The van der Waals surface area contributed by atoms with E-state index in [4.69, 9.17) is 9.72 Å². The average Bonchev–Trinajstić information content (AvgIpc) is 3.17. The molecule has 1 aliphatic rings. The van der Waals surface area contributed by atoms with Gasteiger partial charge >= 0.3 is 6.01 Å². The highest BCUT2D eigenvalue weighted by Gasteiger charge is 2.21. The van der Waals surface area contributed by atoms with Crippen LogP contribution in [-0.2, 0) is 0 Å². The molecule has 0 spiro atoms. The van der Waals surface area contributed by atoms with E-state index in [1.165, 1.54) is 0 Å². The molecule has 150 valence electrons. The number of aromatic nitrogens is 2. The van der Waals surface area contributed by atoms with Crippen LogP contribution in [0.1, 0.15) is 10.4 Å². The minimum atomic E-state index is 0.0667. The Kier molecular flexibility index (Phi) is 5.15. The predicted molar refractivity (Wildman–Crippen MR) is 121 cm³/mol. The van der Waals surface area contributed by atoms with Gasteiger partial charge in [-0.25, -0.2) is 0 Å². The van der Waals surface area contributed by atoms with Crippen molar-refractivity contribution in [1.82, 2.24) is 14.5 Å². The highest BCUT2D eigenvalue weighted by Crippen LogP contribution is 2.30. The Bertz CT molecular complexity index is 1170. The van der Waals surface area contributed by atoms with E-state index in [1.807, 2.05) is 100 Å². The molecule has 1 saturated heterocycles. The van der Waals surface area contributed by atoms with E-state index in [0.29, 0.717) is 17.3 Å². The number of hydrogen-bond donors (Lipinski definition) is 0. The molecule has 0 atom stereocenters. The van der Waals surface area contributed by atoms with Crippen molar-refractivity contribution < 1.29 is 9.53 Å². The van der Waals surface area contributed by atoms with E-state index in [-0.39, 0.29) is 5.91 Å². The zero-order chi connectivity index (χ0) is 20.3. The number of para-hydroxylation sites is 2. The molecular formula is C24H21N3O2S. The van der Waals surface area contributed by atoms with Gasteiger partial charge in [-0.2, -0.15) is 16.7 Å². The van der Waals surface area contributed by atoms with Gasteiger partial charge in [0.15, 0.2) is 0 Å². The van der Waals surface area contributed by atoms with Crippen LogP contribution in [-0.4, -0.2) is 45.0 Å². The van der Waals surface area contributed by atoms with E-state index in [0.717, 1.165) is 41.3 Å². The number of nitrogens with zero attached hydrogens (tertiary/aromatic N) is 3. The van der Waals surface area contributed by atoms with Gasteiger partial charge in [0, 0.05) is 30.2 Å². The van der Waals surface area contributed by atoms with E-state index >= 15 is 0 Å². The van der Waals surface area contributed by atoms with Gasteiger partial charge in [-0.3, -0.25) is 9.36 Å². The van der Waals surface area contributed by atoms with Crippen LogP contribution in [0.25, 0.3) is 16.7 Å². The Hall–Kier alpha value is -3.25. The summed E-state index contributed by atoms with van der Waals surface area (Å²) in [4.78, 5) is 19.6. The Morgan fingerprint density at radius 2 is 1.60 bits per heavy atom. The minimum Gasteiger partial charge on any atom is -0.425 e. The van der Waals surface area contributed by atoms with Crippen LogP contribution in [0.5, 0.6) is 11.8 Å². The molecular weight excluding hydrogens is 394 g/mol. The van der Waals surface area contributed by atoms with Gasteiger partial charge in [0.25, 0.3) is 5.91 Å². The molecule has 0 N–H and O–H groups in total. The monoisotopic (exact) mass is 415 g/mol. The third kappa shape index (κ3) is 3.66. The molecule has 0 bridgehead atoms. The van der Waals surface area contributed by atoms with Crippen molar-refractivity contribution in [2.75, 3.05) is 24.6 Å². The molecule has 3 aromatic carbocycles. The highest BCUT2D eigenvalue weighted by atomic mass is 32.2. The zero-order valence-corrected chi connectivity index (χ0v) is 17.2. The van der Waals surface area contributed by atoms with Crippen molar-refractivity contribution in [3.05, 3.63) is 84.4 Å². The van der Waals surface area contributed by atoms with Gasteiger partial charge in [0.1, 0.15) is 5.75 Å². The average molecular weight is 416 g/mol. The van der Waals surface area contributed by atoms with E-state index in [2.05, 4.69) is 0 Å². The third-order valence-corrected chi connectivity index (χ3v) is 6.08. The molecule has 1 amide bonds. The van der Waals surface area contributed by atoms with Gasteiger partial charge in [-0.15, -0.1) is 0 Å². The Morgan fingerprint density at radius 1 is 0.900 bits per heavy atom. The molecule has 1 fully saturated rings. The van der Waals surface area contributed by atoms with Crippen molar-refractivity contribution >= 4 is 28.7 Å². The molecule has 5 nitrogen and oxygen atoms in total. The summed E-state index contributed by atoms with van der Waals surface area (Å²) >= 11 is 1.89. The number of benzene rings is 3. The van der Waals surface area contributed by atoms with Crippen LogP contribution in [0, 0.1) is 0 Å². The number of hydrogen-bond acceptors (Lipinski definition) is 4. The standard InChI is InChI=1S/C24H21N3O2S/c28-23(26-13-15-30-16-14-26)18-11-12-22-21(17-18)25-24(29-20-9-5-2-6-10-20)27(22)19-7-3-1-4-8-19/h1-12,17H,13-16H2. The van der Waals surface area contributed by atoms with Crippen LogP contribution in [0.15, 0.2) is 78.9 Å². The maximum Gasteiger partial charge on any atom is 0.307 e. The molecule has 6 heteroatoms. The lowest BCUT2D eigenvalue weighted by Gasteiger charge is -2.26. The van der Waals surface area contributed by atoms with Gasteiger partial charge in [-0.1, -0.05) is 36.4 Å². The minimum absolute atomic E-state index is 0.0667. The van der Waals surface area contributed by atoms with Gasteiger partial charge in [0.2, 0.25) is 0 Å². The first-order valence-corrected chi connectivity index (χ1v) is 11.1. The summed E-state index contributed by atoms with van der Waals surface area (Å²) in [5.41, 5.74) is 3.26. The van der Waals surface area contributed by atoms with Crippen LogP contribution < -0.4 is 4.74 Å². The summed E-state index contributed by atoms with van der Waals surface area (Å²) in [6.45, 7) is 1.59. The second kappa shape index (κ2) is 8.24. The first kappa shape index (κ1) is 18.8. The predicted octanol–water partition coefficient (Wildman–Crippen LogP) is 5.01. The summed E-state index contributed by atoms with van der Waals surface area (Å²) in [7, 11) is 0. The quantitative estimate of drug-likeness (QED) is 0.470. The van der Waals surface area contributed by atoms with Crippen LogP contribution in [0.2, 0.25) is 0 Å². The number of fused-ring (bicyclic) bond motifs is 1. The second-order valence-corrected chi connectivity index (χ2v) is 8.31. The molecule has 0 saturated carbocycles. The maximum absolute atomic E-state index is 12.9. The van der Waals surface area contributed by atoms with Gasteiger partial charge < -0.3 is 9.64 Å². The van der Waals surface area contributed by atoms with Crippen molar-refractivity contribution in [2.24, 2.45) is 0 Å². The lowest BCUT2D eigenvalue weighted by Crippen LogP contribution is -2.37. The van der Waals surface area contributed by atoms with Gasteiger partial charge in [-0.05, 0) is 42.5 Å². The van der Waals surface area contributed by atoms with E-state index in [1.54, 1.807) is 0 Å². The van der Waals surface area contributed by atoms with Crippen LogP contribution >= 0.6 is 11.8 Å². The maximum atomic E-state index is 12.9. The smallest absolute Gasteiger partial charge is 0.307 e. The number of imidazole rings is 1. The van der Waals surface area contributed by atoms with Crippen molar-refractivity contribution in [2.45, 2.75) is 0 Å². The summed E-state index contributed by atoms with van der Waals surface area (Å²) in [5, 5.41) is 0. The lowest BCUT2D eigenvalue weighted by molar-refractivity contribution is 0.0772. The molecule has 5 rings (SSSR count). The Morgan fingerprint density at radius 3 is 2.33 bits per heavy atom. The number of carbonyl (C=O) groups excluding carboxylic acids is 1. The molecule has 1 aliphatic heterocycles. The number of rotatable bonds is 4. The molecule has 1 aromatic heterocycles. The SMILES string of the molecule is O=C(c1ccc2c(c1)nc(Oc1ccccc1)n2-c1ccccc1)N1CCSCC1. The summed E-state index contributed by atoms with van der Waals surface area (Å²) in [5.74, 6) is 2.77. The Balaban J connectivity index is 1.58. The highest BCUT2D eigenvalue weighted by molar-refractivity contribution is 7.99. The zero-order valence-electron chi connectivity index (χ0n) is 16.4. The molecule has 30 heavy (non-hydrogen) atoms. The number of carbonyl (C=O) groups is 1. The molecule has 0 radical (unpaired) electrons. The molecule has 0 unspecified atom stereocenters. The molecule has 2 heterocycles. The fraction of sp³-hybridized carbons (Fsp3) is 0.167. The first-order valence-electron chi connectivity index (χ1n) is 9.97. The van der Waals surface area contributed by atoms with Crippen LogP contribution in [0.4, 0.5) is 0 Å². The number of amides is 1. The number of thioether (sulfide) groups is 1. The van der Waals surface area contributed by atoms with E-state index < -0.39 is 0 Å². The van der Waals surface area contributed by atoms with Crippen molar-refractivity contribution in [1.29, 1.82) is 0 Å². The van der Waals surface area contributed by atoms with Crippen LogP contribution in [0.3, 0.4) is 0 Å². The third-order valence-electron chi connectivity index (χ3n) is 5.14. The topological polar surface area (TPSA) is 47.4 Å². The molecule has 4 aromatic rings. The normalized spacial score (nSPS) is 14.1. The fourth-order valence-corrected chi connectivity index (χ4v) is 4.53. The van der Waals surface area contributed by atoms with Crippen molar-refractivity contribution in [3.8, 4) is 17.4 Å². The summed E-state index contributed by atoms with van der Waals surface area (Å²) < 4.78 is 8.10. The lowest BCUT2D eigenvalue weighted by atomic mass is 10.1. The van der Waals surface area contributed by atoms with Crippen molar-refractivity contribution in [3.63, 3.8) is 0 Å². The molecule has 0 aliphatic carbocycles. The van der Waals surface area contributed by atoms with E-state index in [9.17, 15) is 4.79 Å². The fourth-order valence-electron chi connectivity index (χ4n) is 3.63. The number of ether oxygens (including phenoxy) is 1. The second-order valence-electron chi connectivity index (χ2n) is 7.09. The summed E-state index contributed by atoms with van der Waals surface area (Å²) in [6.07, 6.45) is 0. The first-order chi connectivity index (χ1) is 14.8. The Labute approximate surface area is 179 Å². The largest absolute Gasteiger partial charge is 0.425 e.